The predicted octanol–water partition coefficient (Wildman–Crippen LogP) is 9.27. The zero-order valence-corrected chi connectivity index (χ0v) is 19.5. The predicted molar refractivity (Wildman–Crippen MR) is 149 cm³/mol. The van der Waals surface area contributed by atoms with Crippen LogP contribution < -0.4 is 4.90 Å². The number of nitrogens with zero attached hydrogens (tertiary/aromatic N) is 2. The molecule has 0 unspecified atom stereocenters. The molecule has 36 heavy (non-hydrogen) atoms. The molecular weight excluding hydrogens is 440 g/mol. The summed E-state index contributed by atoms with van der Waals surface area (Å²) in [5.41, 5.74) is 5.97. The van der Waals surface area contributed by atoms with Crippen molar-refractivity contribution in [1.29, 1.82) is 0 Å². The number of rotatable bonds is 4. The van der Waals surface area contributed by atoms with Crippen molar-refractivity contribution in [2.75, 3.05) is 4.90 Å². The summed E-state index contributed by atoms with van der Waals surface area (Å²) in [6, 6.07) is 46.2. The zero-order chi connectivity index (χ0) is 23.9. The lowest BCUT2D eigenvalue weighted by atomic mass is 10.00. The molecule has 0 atom stereocenters. The van der Waals surface area contributed by atoms with Crippen molar-refractivity contribution in [3.63, 3.8) is 0 Å². The van der Waals surface area contributed by atoms with Gasteiger partial charge in [0, 0.05) is 28.0 Å². The summed E-state index contributed by atoms with van der Waals surface area (Å²) in [5.74, 6) is 0.640. The van der Waals surface area contributed by atoms with E-state index in [2.05, 4.69) is 89.8 Å². The second-order valence-electron chi connectivity index (χ2n) is 8.87. The van der Waals surface area contributed by atoms with Crippen molar-refractivity contribution >= 4 is 49.7 Å². The SMILES string of the molecule is c1ccc(-c2nc3ccc4ccc5ccc(N(c6ccccc6)c6ccccc6)cc5c4c3o2)cc1. The maximum atomic E-state index is 6.42. The van der Waals surface area contributed by atoms with Gasteiger partial charge in [-0.05, 0) is 70.8 Å². The summed E-state index contributed by atoms with van der Waals surface area (Å²) in [5, 5.41) is 4.53. The molecule has 0 aliphatic heterocycles. The Balaban J connectivity index is 1.49. The van der Waals surface area contributed by atoms with Crippen molar-refractivity contribution in [1.82, 2.24) is 4.98 Å². The molecule has 0 bridgehead atoms. The Hall–Kier alpha value is -4.89. The van der Waals surface area contributed by atoms with Gasteiger partial charge in [-0.15, -0.1) is 0 Å². The Morgan fingerprint density at radius 2 is 1.11 bits per heavy atom. The maximum absolute atomic E-state index is 6.42. The van der Waals surface area contributed by atoms with Gasteiger partial charge in [0.15, 0.2) is 5.58 Å². The molecular formula is C33H22N2O. The lowest BCUT2D eigenvalue weighted by Crippen LogP contribution is -2.09. The summed E-state index contributed by atoms with van der Waals surface area (Å²) in [4.78, 5) is 7.10. The number of oxazole rings is 1. The van der Waals surface area contributed by atoms with Gasteiger partial charge < -0.3 is 9.32 Å². The average Bonchev–Trinajstić information content (AvgIpc) is 3.39. The second-order valence-corrected chi connectivity index (χ2v) is 8.87. The highest BCUT2D eigenvalue weighted by Gasteiger charge is 2.16. The number of benzene rings is 6. The van der Waals surface area contributed by atoms with Crippen LogP contribution in [-0.2, 0) is 0 Å². The average molecular weight is 463 g/mol. The Morgan fingerprint density at radius 3 is 1.81 bits per heavy atom. The van der Waals surface area contributed by atoms with E-state index < -0.39 is 0 Å². The van der Waals surface area contributed by atoms with Gasteiger partial charge in [0.05, 0.1) is 0 Å². The Kier molecular flexibility index (Phi) is 4.78. The van der Waals surface area contributed by atoms with Crippen LogP contribution in [0.15, 0.2) is 138 Å². The minimum Gasteiger partial charge on any atom is -0.435 e. The van der Waals surface area contributed by atoms with Gasteiger partial charge in [0.1, 0.15) is 5.52 Å². The molecule has 7 aromatic rings. The van der Waals surface area contributed by atoms with Crippen LogP contribution in [0, 0.1) is 0 Å². The van der Waals surface area contributed by atoms with E-state index in [1.807, 2.05) is 48.5 Å². The molecule has 0 N–H and O–H groups in total. The van der Waals surface area contributed by atoms with Crippen LogP contribution in [0.2, 0.25) is 0 Å². The smallest absolute Gasteiger partial charge is 0.227 e. The van der Waals surface area contributed by atoms with E-state index in [4.69, 9.17) is 9.40 Å². The van der Waals surface area contributed by atoms with Gasteiger partial charge in [0.2, 0.25) is 5.89 Å². The molecule has 0 aliphatic rings. The fourth-order valence-corrected chi connectivity index (χ4v) is 4.95. The quantitative estimate of drug-likeness (QED) is 0.244. The van der Waals surface area contributed by atoms with Crippen LogP contribution in [0.4, 0.5) is 17.1 Å². The summed E-state index contributed by atoms with van der Waals surface area (Å²) < 4.78 is 6.42. The van der Waals surface area contributed by atoms with E-state index in [1.54, 1.807) is 0 Å². The number of hydrogen-bond acceptors (Lipinski definition) is 3. The van der Waals surface area contributed by atoms with Gasteiger partial charge in [-0.2, -0.15) is 0 Å². The first-order valence-corrected chi connectivity index (χ1v) is 12.1. The van der Waals surface area contributed by atoms with Gasteiger partial charge in [0.25, 0.3) is 0 Å². The molecule has 0 saturated heterocycles. The van der Waals surface area contributed by atoms with Crippen molar-refractivity contribution in [2.24, 2.45) is 0 Å². The minimum atomic E-state index is 0.640. The Morgan fingerprint density at radius 1 is 0.528 bits per heavy atom. The first kappa shape index (κ1) is 20.5. The highest BCUT2D eigenvalue weighted by Crippen LogP contribution is 2.39. The summed E-state index contributed by atoms with van der Waals surface area (Å²) >= 11 is 0. The first-order chi connectivity index (χ1) is 17.8. The third-order valence-corrected chi connectivity index (χ3v) is 6.65. The van der Waals surface area contributed by atoms with Crippen molar-refractivity contribution in [2.45, 2.75) is 0 Å². The molecule has 3 nitrogen and oxygen atoms in total. The summed E-state index contributed by atoms with van der Waals surface area (Å²) in [6.45, 7) is 0. The molecule has 7 rings (SSSR count). The standard InChI is InChI=1S/C33H22N2O/c1-4-10-25(11-5-1)33-34-30-21-19-24-17-16-23-18-20-28(22-29(23)31(24)32(30)36-33)35(26-12-6-2-7-13-26)27-14-8-3-9-15-27/h1-22H. The lowest BCUT2D eigenvalue weighted by Gasteiger charge is -2.25. The lowest BCUT2D eigenvalue weighted by molar-refractivity contribution is 0.623. The van der Waals surface area contributed by atoms with Crippen molar-refractivity contribution in [3.05, 3.63) is 133 Å². The topological polar surface area (TPSA) is 29.3 Å². The van der Waals surface area contributed by atoms with E-state index in [0.29, 0.717) is 5.89 Å². The Bertz CT molecular complexity index is 1790. The van der Waals surface area contributed by atoms with E-state index >= 15 is 0 Å². The molecule has 6 aromatic carbocycles. The fraction of sp³-hybridized carbons (Fsp3) is 0. The van der Waals surface area contributed by atoms with Gasteiger partial charge in [-0.25, -0.2) is 4.98 Å². The van der Waals surface area contributed by atoms with Crippen LogP contribution >= 0.6 is 0 Å². The van der Waals surface area contributed by atoms with Crippen LogP contribution in [0.5, 0.6) is 0 Å². The normalized spacial score (nSPS) is 11.3. The van der Waals surface area contributed by atoms with Gasteiger partial charge in [-0.1, -0.05) is 78.9 Å². The maximum Gasteiger partial charge on any atom is 0.227 e. The number of anilines is 3. The molecule has 0 radical (unpaired) electrons. The summed E-state index contributed by atoms with van der Waals surface area (Å²) in [6.07, 6.45) is 0. The van der Waals surface area contributed by atoms with E-state index in [0.717, 1.165) is 55.3 Å². The largest absolute Gasteiger partial charge is 0.435 e. The molecule has 3 heteroatoms. The molecule has 0 spiro atoms. The van der Waals surface area contributed by atoms with Crippen molar-refractivity contribution < 1.29 is 4.42 Å². The van der Waals surface area contributed by atoms with Crippen LogP contribution in [0.1, 0.15) is 0 Å². The number of fused-ring (bicyclic) bond motifs is 5. The first-order valence-electron chi connectivity index (χ1n) is 12.1. The number of aromatic nitrogens is 1. The molecule has 0 aliphatic carbocycles. The van der Waals surface area contributed by atoms with Gasteiger partial charge >= 0.3 is 0 Å². The van der Waals surface area contributed by atoms with Crippen LogP contribution in [0.3, 0.4) is 0 Å². The highest BCUT2D eigenvalue weighted by atomic mass is 16.3. The van der Waals surface area contributed by atoms with Gasteiger partial charge in [-0.3, -0.25) is 0 Å². The molecule has 170 valence electrons. The van der Waals surface area contributed by atoms with E-state index in [9.17, 15) is 0 Å². The van der Waals surface area contributed by atoms with E-state index in [1.165, 1.54) is 0 Å². The van der Waals surface area contributed by atoms with E-state index in [-0.39, 0.29) is 0 Å². The Labute approximate surface area is 208 Å². The molecule has 0 saturated carbocycles. The fourth-order valence-electron chi connectivity index (χ4n) is 4.95. The summed E-state index contributed by atoms with van der Waals surface area (Å²) in [7, 11) is 0. The third-order valence-electron chi connectivity index (χ3n) is 6.65. The zero-order valence-electron chi connectivity index (χ0n) is 19.5. The second kappa shape index (κ2) is 8.40. The highest BCUT2D eigenvalue weighted by molar-refractivity contribution is 6.18. The number of para-hydroxylation sites is 2. The molecule has 1 heterocycles. The van der Waals surface area contributed by atoms with Crippen LogP contribution in [0.25, 0.3) is 44.1 Å². The van der Waals surface area contributed by atoms with Crippen LogP contribution in [-0.4, -0.2) is 4.98 Å². The third kappa shape index (κ3) is 3.41. The van der Waals surface area contributed by atoms with Crippen molar-refractivity contribution in [3.8, 4) is 11.5 Å². The molecule has 1 aromatic heterocycles. The minimum absolute atomic E-state index is 0.640. The molecule has 0 amide bonds. The number of hydrogen-bond donors (Lipinski definition) is 0. The monoisotopic (exact) mass is 462 g/mol. The molecule has 0 fully saturated rings.